The lowest BCUT2D eigenvalue weighted by atomic mass is 9.96. The van der Waals surface area contributed by atoms with Gasteiger partial charge in [-0.1, -0.05) is 11.6 Å². The standard InChI is InChI=1S/C9H10ClNO/c1-5-6-4-9(12)11-8(6)3-2-7(5)10/h2-4H2,1H3,(H,11,12). The van der Waals surface area contributed by atoms with Crippen molar-refractivity contribution in [2.75, 3.05) is 0 Å². The van der Waals surface area contributed by atoms with E-state index in [9.17, 15) is 4.79 Å². The second-order valence-corrected chi connectivity index (χ2v) is 3.67. The van der Waals surface area contributed by atoms with E-state index in [0.717, 1.165) is 34.7 Å². The van der Waals surface area contributed by atoms with E-state index in [0.29, 0.717) is 6.42 Å². The highest BCUT2D eigenvalue weighted by atomic mass is 35.5. The van der Waals surface area contributed by atoms with Crippen LogP contribution in [0.25, 0.3) is 0 Å². The van der Waals surface area contributed by atoms with Crippen molar-refractivity contribution in [1.29, 1.82) is 0 Å². The maximum absolute atomic E-state index is 11.0. The molecule has 1 heterocycles. The SMILES string of the molecule is CC1=C(Cl)CCC2=C1CC(=O)N2. The molecular formula is C9H10ClNO. The van der Waals surface area contributed by atoms with Gasteiger partial charge in [0.2, 0.25) is 5.91 Å². The maximum Gasteiger partial charge on any atom is 0.228 e. The van der Waals surface area contributed by atoms with Crippen LogP contribution in [0.2, 0.25) is 0 Å². The Kier molecular flexibility index (Phi) is 1.72. The normalized spacial score (nSPS) is 23.0. The largest absolute Gasteiger partial charge is 0.329 e. The number of hydrogen-bond donors (Lipinski definition) is 1. The minimum Gasteiger partial charge on any atom is -0.329 e. The van der Waals surface area contributed by atoms with Crippen LogP contribution in [0.1, 0.15) is 26.2 Å². The second kappa shape index (κ2) is 2.63. The average molecular weight is 184 g/mol. The van der Waals surface area contributed by atoms with Gasteiger partial charge in [0.1, 0.15) is 0 Å². The molecule has 1 amide bonds. The second-order valence-electron chi connectivity index (χ2n) is 3.21. The summed E-state index contributed by atoms with van der Waals surface area (Å²) in [6.45, 7) is 1.98. The van der Waals surface area contributed by atoms with Crippen LogP contribution in [0.15, 0.2) is 21.9 Å². The van der Waals surface area contributed by atoms with Crippen LogP contribution in [0, 0.1) is 0 Å². The molecule has 0 aromatic rings. The lowest BCUT2D eigenvalue weighted by Gasteiger charge is -2.14. The van der Waals surface area contributed by atoms with Crippen LogP contribution in [-0.4, -0.2) is 5.91 Å². The van der Waals surface area contributed by atoms with Gasteiger partial charge in [0.05, 0.1) is 6.42 Å². The summed E-state index contributed by atoms with van der Waals surface area (Å²) < 4.78 is 0. The van der Waals surface area contributed by atoms with Gasteiger partial charge in [0, 0.05) is 10.7 Å². The highest BCUT2D eigenvalue weighted by molar-refractivity contribution is 6.30. The molecule has 0 aromatic carbocycles. The van der Waals surface area contributed by atoms with Crippen molar-refractivity contribution >= 4 is 17.5 Å². The van der Waals surface area contributed by atoms with Crippen LogP contribution in [0.3, 0.4) is 0 Å². The van der Waals surface area contributed by atoms with Crippen molar-refractivity contribution in [3.63, 3.8) is 0 Å². The molecule has 0 unspecified atom stereocenters. The van der Waals surface area contributed by atoms with Gasteiger partial charge in [-0.25, -0.2) is 0 Å². The number of hydrogen-bond acceptors (Lipinski definition) is 1. The monoisotopic (exact) mass is 183 g/mol. The Bertz CT molecular complexity index is 314. The van der Waals surface area contributed by atoms with E-state index < -0.39 is 0 Å². The molecule has 0 fully saturated rings. The van der Waals surface area contributed by atoms with Gasteiger partial charge < -0.3 is 5.32 Å². The number of allylic oxidation sites excluding steroid dienone is 3. The molecule has 0 aromatic heterocycles. The third-order valence-electron chi connectivity index (χ3n) is 2.45. The molecule has 0 radical (unpaired) electrons. The average Bonchev–Trinajstić information content (AvgIpc) is 2.39. The van der Waals surface area contributed by atoms with Gasteiger partial charge in [-0.2, -0.15) is 0 Å². The van der Waals surface area contributed by atoms with Crippen molar-refractivity contribution in [2.24, 2.45) is 0 Å². The predicted molar refractivity (Wildman–Crippen MR) is 47.6 cm³/mol. The molecule has 0 spiro atoms. The highest BCUT2D eigenvalue weighted by Gasteiger charge is 2.26. The summed E-state index contributed by atoms with van der Waals surface area (Å²) in [6, 6.07) is 0. The van der Waals surface area contributed by atoms with Crippen molar-refractivity contribution in [3.8, 4) is 0 Å². The molecule has 1 N–H and O–H groups in total. The minimum absolute atomic E-state index is 0.103. The summed E-state index contributed by atoms with van der Waals surface area (Å²) in [4.78, 5) is 11.0. The van der Waals surface area contributed by atoms with Gasteiger partial charge in [-0.15, -0.1) is 0 Å². The number of carbonyl (C=O) groups is 1. The molecule has 1 aliphatic heterocycles. The molecule has 12 heavy (non-hydrogen) atoms. The zero-order valence-electron chi connectivity index (χ0n) is 6.91. The molecule has 2 aliphatic rings. The zero-order chi connectivity index (χ0) is 8.72. The van der Waals surface area contributed by atoms with Gasteiger partial charge >= 0.3 is 0 Å². The van der Waals surface area contributed by atoms with E-state index in [-0.39, 0.29) is 5.91 Å². The first-order valence-corrected chi connectivity index (χ1v) is 4.44. The molecule has 0 bridgehead atoms. The number of nitrogens with one attached hydrogen (secondary N) is 1. The molecular weight excluding hydrogens is 174 g/mol. The van der Waals surface area contributed by atoms with Gasteiger partial charge in [0.15, 0.2) is 0 Å². The van der Waals surface area contributed by atoms with Crippen molar-refractivity contribution < 1.29 is 4.79 Å². The lowest BCUT2D eigenvalue weighted by Crippen LogP contribution is -2.15. The topological polar surface area (TPSA) is 29.1 Å². The lowest BCUT2D eigenvalue weighted by molar-refractivity contribution is -0.118. The maximum atomic E-state index is 11.0. The van der Waals surface area contributed by atoms with E-state index in [1.165, 1.54) is 0 Å². The highest BCUT2D eigenvalue weighted by Crippen LogP contribution is 2.35. The number of rotatable bonds is 0. The van der Waals surface area contributed by atoms with Crippen LogP contribution in [0.5, 0.6) is 0 Å². The fourth-order valence-electron chi connectivity index (χ4n) is 1.71. The third-order valence-corrected chi connectivity index (χ3v) is 2.92. The summed E-state index contributed by atoms with van der Waals surface area (Å²) in [6.07, 6.45) is 2.27. The number of amides is 1. The van der Waals surface area contributed by atoms with Gasteiger partial charge in [-0.05, 0) is 30.9 Å². The fourth-order valence-corrected chi connectivity index (χ4v) is 1.92. The molecule has 64 valence electrons. The van der Waals surface area contributed by atoms with Crippen LogP contribution >= 0.6 is 11.6 Å². The van der Waals surface area contributed by atoms with Gasteiger partial charge in [0.25, 0.3) is 0 Å². The van der Waals surface area contributed by atoms with E-state index in [2.05, 4.69) is 5.32 Å². The molecule has 2 nitrogen and oxygen atoms in total. The predicted octanol–water partition coefficient (Wildman–Crippen LogP) is 2.07. The zero-order valence-corrected chi connectivity index (χ0v) is 7.66. The Labute approximate surface area is 76.3 Å². The van der Waals surface area contributed by atoms with Crippen LogP contribution in [-0.2, 0) is 4.79 Å². The van der Waals surface area contributed by atoms with Crippen molar-refractivity contribution in [2.45, 2.75) is 26.2 Å². The summed E-state index contributed by atoms with van der Waals surface area (Å²) in [7, 11) is 0. The van der Waals surface area contributed by atoms with E-state index in [1.807, 2.05) is 6.92 Å². The summed E-state index contributed by atoms with van der Waals surface area (Å²) in [5.41, 5.74) is 3.30. The van der Waals surface area contributed by atoms with Crippen molar-refractivity contribution in [1.82, 2.24) is 5.32 Å². The smallest absolute Gasteiger partial charge is 0.228 e. The Morgan fingerprint density at radius 1 is 1.42 bits per heavy atom. The quantitative estimate of drug-likeness (QED) is 0.612. The number of halogens is 1. The summed E-state index contributed by atoms with van der Waals surface area (Å²) >= 11 is 5.99. The fraction of sp³-hybridized carbons (Fsp3) is 0.444. The summed E-state index contributed by atoms with van der Waals surface area (Å²) in [5.74, 6) is 0.103. The number of carbonyl (C=O) groups excluding carboxylic acids is 1. The van der Waals surface area contributed by atoms with Gasteiger partial charge in [-0.3, -0.25) is 4.79 Å². The Hall–Kier alpha value is -0.760. The Morgan fingerprint density at radius 2 is 2.17 bits per heavy atom. The first-order valence-electron chi connectivity index (χ1n) is 4.06. The van der Waals surface area contributed by atoms with E-state index >= 15 is 0 Å². The molecule has 0 saturated carbocycles. The third kappa shape index (κ3) is 1.07. The molecule has 0 atom stereocenters. The summed E-state index contributed by atoms with van der Waals surface area (Å²) in [5, 5.41) is 3.76. The molecule has 0 saturated heterocycles. The van der Waals surface area contributed by atoms with E-state index in [1.54, 1.807) is 0 Å². The first kappa shape index (κ1) is 7.87. The van der Waals surface area contributed by atoms with Crippen LogP contribution in [0.4, 0.5) is 0 Å². The first-order chi connectivity index (χ1) is 5.68. The van der Waals surface area contributed by atoms with Crippen LogP contribution < -0.4 is 5.32 Å². The molecule has 2 rings (SSSR count). The van der Waals surface area contributed by atoms with E-state index in [4.69, 9.17) is 11.6 Å². The molecule has 3 heteroatoms. The Morgan fingerprint density at radius 3 is 2.92 bits per heavy atom. The van der Waals surface area contributed by atoms with Crippen molar-refractivity contribution in [3.05, 3.63) is 21.9 Å². The minimum atomic E-state index is 0.103. The Balaban J connectivity index is 2.39. The molecule has 1 aliphatic carbocycles.